The van der Waals surface area contributed by atoms with Gasteiger partial charge in [0, 0.05) is 31.5 Å². The normalized spacial score (nSPS) is 10.8. The molecule has 1 rings (SSSR count). The molecule has 1 aromatic heterocycles. The third kappa shape index (κ3) is 6.96. The van der Waals surface area contributed by atoms with Crippen LogP contribution in [0.4, 0.5) is 11.8 Å². The van der Waals surface area contributed by atoms with Gasteiger partial charge in [0.2, 0.25) is 5.95 Å². The maximum atomic E-state index is 5.55. The van der Waals surface area contributed by atoms with Crippen molar-refractivity contribution in [3.05, 3.63) is 11.8 Å². The highest BCUT2D eigenvalue weighted by molar-refractivity contribution is 5.41. The number of rotatable bonds is 9. The van der Waals surface area contributed by atoms with Crippen LogP contribution in [-0.4, -0.2) is 36.3 Å². The van der Waals surface area contributed by atoms with Crippen molar-refractivity contribution in [2.75, 3.05) is 36.9 Å². The molecule has 0 radical (unpaired) electrons. The van der Waals surface area contributed by atoms with Crippen LogP contribution < -0.4 is 10.6 Å². The number of nitrogens with one attached hydrogen (secondary N) is 2. The molecule has 0 amide bonds. The van der Waals surface area contributed by atoms with E-state index in [0.29, 0.717) is 18.5 Å². The minimum atomic E-state index is 0.672. The van der Waals surface area contributed by atoms with E-state index < -0.39 is 0 Å². The van der Waals surface area contributed by atoms with Gasteiger partial charge in [-0.25, -0.2) is 4.98 Å². The van der Waals surface area contributed by atoms with Gasteiger partial charge < -0.3 is 15.4 Å². The Morgan fingerprint density at radius 1 is 1.21 bits per heavy atom. The molecule has 1 aromatic rings. The highest BCUT2D eigenvalue weighted by Crippen LogP contribution is 2.09. The van der Waals surface area contributed by atoms with Crippen molar-refractivity contribution in [1.82, 2.24) is 9.97 Å². The number of anilines is 2. The Balaban J connectivity index is 2.28. The Kier molecular flexibility index (Phi) is 7.18. The van der Waals surface area contributed by atoms with E-state index in [1.807, 2.05) is 19.9 Å². The van der Waals surface area contributed by atoms with E-state index in [1.54, 1.807) is 0 Å². The van der Waals surface area contributed by atoms with Crippen LogP contribution in [-0.2, 0) is 4.74 Å². The highest BCUT2D eigenvalue weighted by Gasteiger charge is 2.01. The number of aryl methyl sites for hydroxylation is 1. The summed E-state index contributed by atoms with van der Waals surface area (Å²) < 4.78 is 5.55. The Hall–Kier alpha value is -1.36. The molecule has 0 bridgehead atoms. The molecule has 0 aliphatic heterocycles. The second kappa shape index (κ2) is 8.69. The van der Waals surface area contributed by atoms with E-state index in [2.05, 4.69) is 34.4 Å². The van der Waals surface area contributed by atoms with Crippen molar-refractivity contribution >= 4 is 11.8 Å². The third-order valence-corrected chi connectivity index (χ3v) is 2.58. The van der Waals surface area contributed by atoms with Crippen molar-refractivity contribution < 1.29 is 4.74 Å². The van der Waals surface area contributed by atoms with E-state index in [9.17, 15) is 0 Å². The first kappa shape index (κ1) is 15.7. The molecule has 108 valence electrons. The molecule has 0 atom stereocenters. The zero-order chi connectivity index (χ0) is 14.1. The fourth-order valence-electron chi connectivity index (χ4n) is 1.57. The van der Waals surface area contributed by atoms with Crippen molar-refractivity contribution in [3.63, 3.8) is 0 Å². The molecule has 2 N–H and O–H groups in total. The summed E-state index contributed by atoms with van der Waals surface area (Å²) in [5, 5.41) is 6.37. The second-order valence-electron chi connectivity index (χ2n) is 4.97. The minimum Gasteiger partial charge on any atom is -0.380 e. The number of hydrogen-bond donors (Lipinski definition) is 2. The molecule has 0 aliphatic rings. The first-order valence-corrected chi connectivity index (χ1v) is 7.03. The summed E-state index contributed by atoms with van der Waals surface area (Å²) in [7, 11) is 0. The van der Waals surface area contributed by atoms with Crippen LogP contribution in [0.2, 0.25) is 0 Å². The van der Waals surface area contributed by atoms with E-state index in [4.69, 9.17) is 4.74 Å². The van der Waals surface area contributed by atoms with Crippen LogP contribution >= 0.6 is 0 Å². The fraction of sp³-hybridized carbons (Fsp3) is 0.714. The van der Waals surface area contributed by atoms with Crippen molar-refractivity contribution in [3.8, 4) is 0 Å². The zero-order valence-corrected chi connectivity index (χ0v) is 12.5. The average molecular weight is 266 g/mol. The quantitative estimate of drug-likeness (QED) is 0.673. The topological polar surface area (TPSA) is 59.1 Å². The van der Waals surface area contributed by atoms with Crippen molar-refractivity contribution in [1.29, 1.82) is 0 Å². The van der Waals surface area contributed by atoms with E-state index in [-0.39, 0.29) is 0 Å². The van der Waals surface area contributed by atoms with Crippen molar-refractivity contribution in [2.24, 2.45) is 5.92 Å². The maximum Gasteiger partial charge on any atom is 0.224 e. The smallest absolute Gasteiger partial charge is 0.224 e. The lowest BCUT2D eigenvalue weighted by molar-refractivity contribution is 0.132. The van der Waals surface area contributed by atoms with E-state index in [0.717, 1.165) is 37.6 Å². The third-order valence-electron chi connectivity index (χ3n) is 2.58. The van der Waals surface area contributed by atoms with E-state index >= 15 is 0 Å². The summed E-state index contributed by atoms with van der Waals surface area (Å²) in [6, 6.07) is 1.94. The van der Waals surface area contributed by atoms with Gasteiger partial charge in [0.1, 0.15) is 5.82 Å². The summed E-state index contributed by atoms with van der Waals surface area (Å²) in [4.78, 5) is 8.69. The summed E-state index contributed by atoms with van der Waals surface area (Å²) in [6.45, 7) is 11.5. The van der Waals surface area contributed by atoms with Gasteiger partial charge in [-0.1, -0.05) is 13.8 Å². The first-order chi connectivity index (χ1) is 9.11. The summed E-state index contributed by atoms with van der Waals surface area (Å²) in [5.41, 5.74) is 0.953. The molecule has 5 heteroatoms. The number of ether oxygens (including phenoxy) is 1. The molecule has 0 spiro atoms. The number of hydrogen-bond acceptors (Lipinski definition) is 5. The molecule has 19 heavy (non-hydrogen) atoms. The predicted octanol–water partition coefficient (Wildman–Crippen LogP) is 2.69. The lowest BCUT2D eigenvalue weighted by Gasteiger charge is -2.10. The number of aromatic nitrogens is 2. The molecule has 1 heterocycles. The summed E-state index contributed by atoms with van der Waals surface area (Å²) in [6.07, 6.45) is 1.11. The lowest BCUT2D eigenvalue weighted by Crippen LogP contribution is -2.13. The predicted molar refractivity (Wildman–Crippen MR) is 79.7 cm³/mol. The van der Waals surface area contributed by atoms with Crippen LogP contribution in [0.15, 0.2) is 6.07 Å². The molecular weight excluding hydrogens is 240 g/mol. The molecular formula is C14H26N4O. The van der Waals surface area contributed by atoms with Crippen LogP contribution in [0.25, 0.3) is 0 Å². The summed E-state index contributed by atoms with van der Waals surface area (Å²) >= 11 is 0. The maximum absolute atomic E-state index is 5.55. The van der Waals surface area contributed by atoms with Crippen LogP contribution in [0.5, 0.6) is 0 Å². The van der Waals surface area contributed by atoms with Gasteiger partial charge in [-0.3, -0.25) is 0 Å². The standard InChI is InChI=1S/C14H26N4O/c1-5-15-14-17-12(4)10-13(18-14)16-7-9-19-8-6-11(2)3/h10-11H,5-9H2,1-4H3,(H2,15,16,17,18). The SMILES string of the molecule is CCNc1nc(C)cc(NCCOCCC(C)C)n1. The summed E-state index contributed by atoms with van der Waals surface area (Å²) in [5.74, 6) is 2.21. The number of nitrogens with zero attached hydrogens (tertiary/aromatic N) is 2. The van der Waals surface area contributed by atoms with Gasteiger partial charge in [0.25, 0.3) is 0 Å². The molecule has 5 nitrogen and oxygen atoms in total. The Morgan fingerprint density at radius 3 is 2.68 bits per heavy atom. The highest BCUT2D eigenvalue weighted by atomic mass is 16.5. The molecule has 0 saturated carbocycles. The molecule has 0 aliphatic carbocycles. The average Bonchev–Trinajstić information content (AvgIpc) is 2.33. The molecule has 0 saturated heterocycles. The van der Waals surface area contributed by atoms with E-state index in [1.165, 1.54) is 0 Å². The molecule has 0 unspecified atom stereocenters. The molecule has 0 fully saturated rings. The van der Waals surface area contributed by atoms with Crippen LogP contribution in [0.3, 0.4) is 0 Å². The zero-order valence-electron chi connectivity index (χ0n) is 12.5. The van der Waals surface area contributed by atoms with Crippen LogP contribution in [0.1, 0.15) is 32.9 Å². The Bertz CT molecular complexity index is 368. The van der Waals surface area contributed by atoms with Gasteiger partial charge in [-0.15, -0.1) is 0 Å². The van der Waals surface area contributed by atoms with Gasteiger partial charge in [0.15, 0.2) is 0 Å². The van der Waals surface area contributed by atoms with Gasteiger partial charge in [-0.05, 0) is 26.2 Å². The Morgan fingerprint density at radius 2 is 2.00 bits per heavy atom. The van der Waals surface area contributed by atoms with Crippen molar-refractivity contribution in [2.45, 2.75) is 34.1 Å². The van der Waals surface area contributed by atoms with Gasteiger partial charge in [0.05, 0.1) is 6.61 Å². The van der Waals surface area contributed by atoms with Gasteiger partial charge in [-0.2, -0.15) is 4.98 Å². The lowest BCUT2D eigenvalue weighted by atomic mass is 10.1. The first-order valence-electron chi connectivity index (χ1n) is 7.03. The monoisotopic (exact) mass is 266 g/mol. The van der Waals surface area contributed by atoms with Gasteiger partial charge >= 0.3 is 0 Å². The second-order valence-corrected chi connectivity index (χ2v) is 4.97. The Labute approximate surface area is 116 Å². The van der Waals surface area contributed by atoms with Crippen LogP contribution in [0, 0.1) is 12.8 Å². The molecule has 0 aromatic carbocycles. The fourth-order valence-corrected chi connectivity index (χ4v) is 1.57. The minimum absolute atomic E-state index is 0.672. The largest absolute Gasteiger partial charge is 0.380 e.